The maximum atomic E-state index is 2.83. The third-order valence-electron chi connectivity index (χ3n) is 14.2. The molecule has 0 heterocycles. The van der Waals surface area contributed by atoms with E-state index in [9.17, 15) is 0 Å². The van der Waals surface area contributed by atoms with Crippen molar-refractivity contribution in [2.75, 3.05) is 0 Å². The van der Waals surface area contributed by atoms with Gasteiger partial charge in [-0.1, -0.05) is 74.7 Å². The van der Waals surface area contributed by atoms with Crippen molar-refractivity contribution in [2.24, 2.45) is 62.6 Å². The summed E-state index contributed by atoms with van der Waals surface area (Å²) in [5.41, 5.74) is 2.91. The molecule has 0 heteroatoms. The van der Waals surface area contributed by atoms with Crippen LogP contribution in [0.3, 0.4) is 0 Å². The van der Waals surface area contributed by atoms with Crippen molar-refractivity contribution >= 4 is 0 Å². The van der Waals surface area contributed by atoms with E-state index in [1.807, 2.05) is 0 Å². The Morgan fingerprint density at radius 3 is 1.94 bits per heavy atom. The first-order valence-electron chi connectivity index (χ1n) is 14.9. The first-order chi connectivity index (χ1) is 14.9. The van der Waals surface area contributed by atoms with Gasteiger partial charge in [-0.3, -0.25) is 0 Å². The first kappa shape index (κ1) is 23.7. The van der Waals surface area contributed by atoms with Gasteiger partial charge in [0.05, 0.1) is 0 Å². The Balaban J connectivity index is 1.48. The van der Waals surface area contributed by atoms with Gasteiger partial charge in [-0.25, -0.2) is 0 Å². The van der Waals surface area contributed by atoms with Crippen LogP contribution in [0.2, 0.25) is 0 Å². The third-order valence-corrected chi connectivity index (χ3v) is 14.2. The highest BCUT2D eigenvalue weighted by Crippen LogP contribution is 2.78. The van der Waals surface area contributed by atoms with Gasteiger partial charge < -0.3 is 0 Å². The fraction of sp³-hybridized carbons (Fsp3) is 1.00. The molecule has 10 atom stereocenters. The molecule has 0 nitrogen and oxygen atoms in total. The van der Waals surface area contributed by atoms with Gasteiger partial charge in [-0.2, -0.15) is 0 Å². The van der Waals surface area contributed by atoms with Crippen LogP contribution in [0.25, 0.3) is 0 Å². The fourth-order valence-corrected chi connectivity index (χ4v) is 12.7. The molecule has 0 aromatic heterocycles. The molecule has 0 N–H and O–H groups in total. The summed E-state index contributed by atoms with van der Waals surface area (Å²) in [4.78, 5) is 0. The Labute approximate surface area is 201 Å². The van der Waals surface area contributed by atoms with E-state index in [1.165, 1.54) is 77.0 Å². The van der Waals surface area contributed by atoms with Crippen LogP contribution in [0.15, 0.2) is 0 Å². The van der Waals surface area contributed by atoms with E-state index in [-0.39, 0.29) is 0 Å². The van der Waals surface area contributed by atoms with Gasteiger partial charge in [0, 0.05) is 0 Å². The SMILES string of the molecule is CCCC(C)[C@@H]1CC[C@]2(C)[C@H]3CC[C@@H]4[C@@]5(C)CCCC(C)(C)[C@@H]5CC[C@@]4(C)[C@]3(C)CC[C@@H]12. The average Bonchev–Trinajstić information content (AvgIpc) is 3.05. The zero-order valence-corrected chi connectivity index (χ0v) is 23.2. The maximum Gasteiger partial charge on any atom is -0.0235 e. The van der Waals surface area contributed by atoms with E-state index in [0.29, 0.717) is 27.1 Å². The summed E-state index contributed by atoms with van der Waals surface area (Å²) in [6.07, 6.45) is 19.5. The molecule has 0 radical (unpaired) electrons. The fourth-order valence-electron chi connectivity index (χ4n) is 12.7. The van der Waals surface area contributed by atoms with E-state index >= 15 is 0 Å². The van der Waals surface area contributed by atoms with Crippen molar-refractivity contribution in [2.45, 2.75) is 139 Å². The van der Waals surface area contributed by atoms with Crippen LogP contribution in [0, 0.1) is 62.6 Å². The second-order valence-corrected chi connectivity index (χ2v) is 15.6. The minimum Gasteiger partial charge on any atom is -0.0654 e. The molecular weight excluding hydrogens is 384 g/mol. The monoisotopic (exact) mass is 440 g/mol. The molecule has 32 heavy (non-hydrogen) atoms. The molecule has 0 saturated heterocycles. The van der Waals surface area contributed by atoms with Gasteiger partial charge >= 0.3 is 0 Å². The average molecular weight is 441 g/mol. The summed E-state index contributed by atoms with van der Waals surface area (Å²) in [6, 6.07) is 0. The van der Waals surface area contributed by atoms with Crippen LogP contribution in [-0.2, 0) is 0 Å². The molecule has 0 aromatic carbocycles. The summed E-state index contributed by atoms with van der Waals surface area (Å²) in [5, 5.41) is 0. The summed E-state index contributed by atoms with van der Waals surface area (Å²) in [5.74, 6) is 5.88. The van der Waals surface area contributed by atoms with Crippen LogP contribution < -0.4 is 0 Å². The van der Waals surface area contributed by atoms with Crippen LogP contribution in [-0.4, -0.2) is 0 Å². The van der Waals surface area contributed by atoms with Gasteiger partial charge in [-0.15, -0.1) is 0 Å². The lowest BCUT2D eigenvalue weighted by atomic mass is 9.32. The largest absolute Gasteiger partial charge is 0.0654 e. The van der Waals surface area contributed by atoms with Crippen molar-refractivity contribution in [3.63, 3.8) is 0 Å². The van der Waals surface area contributed by atoms with Crippen LogP contribution >= 0.6 is 0 Å². The molecule has 1 unspecified atom stereocenters. The summed E-state index contributed by atoms with van der Waals surface area (Å²) in [7, 11) is 0. The quantitative estimate of drug-likeness (QED) is 0.409. The highest BCUT2D eigenvalue weighted by molar-refractivity contribution is 5.19. The van der Waals surface area contributed by atoms with E-state index in [4.69, 9.17) is 0 Å². The molecule has 5 aliphatic carbocycles. The molecule has 184 valence electrons. The summed E-state index contributed by atoms with van der Waals surface area (Å²) >= 11 is 0. The molecule has 0 aliphatic heterocycles. The highest BCUT2D eigenvalue weighted by atomic mass is 14.7. The van der Waals surface area contributed by atoms with Crippen molar-refractivity contribution in [1.82, 2.24) is 0 Å². The Kier molecular flexibility index (Phi) is 5.56. The van der Waals surface area contributed by atoms with Crippen molar-refractivity contribution in [3.05, 3.63) is 0 Å². The Morgan fingerprint density at radius 2 is 1.28 bits per heavy atom. The topological polar surface area (TPSA) is 0 Å². The lowest BCUT2D eigenvalue weighted by Gasteiger charge is -2.73. The Hall–Kier alpha value is 0. The number of hydrogen-bond acceptors (Lipinski definition) is 0. The highest BCUT2D eigenvalue weighted by Gasteiger charge is 2.70. The van der Waals surface area contributed by atoms with Gasteiger partial charge in [0.25, 0.3) is 0 Å². The zero-order chi connectivity index (χ0) is 23.2. The van der Waals surface area contributed by atoms with E-state index in [2.05, 4.69) is 55.4 Å². The minimum atomic E-state index is 0.559. The second kappa shape index (κ2) is 7.50. The van der Waals surface area contributed by atoms with Crippen molar-refractivity contribution in [1.29, 1.82) is 0 Å². The Morgan fingerprint density at radius 1 is 0.656 bits per heavy atom. The summed E-state index contributed by atoms with van der Waals surface area (Å²) in [6.45, 7) is 21.4. The van der Waals surface area contributed by atoms with Crippen molar-refractivity contribution < 1.29 is 0 Å². The predicted molar refractivity (Wildman–Crippen MR) is 139 cm³/mol. The van der Waals surface area contributed by atoms with Crippen molar-refractivity contribution in [3.8, 4) is 0 Å². The van der Waals surface area contributed by atoms with E-state index in [1.54, 1.807) is 6.42 Å². The molecular formula is C32H56. The predicted octanol–water partition coefficient (Wildman–Crippen LogP) is 9.91. The van der Waals surface area contributed by atoms with Crippen LogP contribution in [0.4, 0.5) is 0 Å². The summed E-state index contributed by atoms with van der Waals surface area (Å²) < 4.78 is 0. The van der Waals surface area contributed by atoms with Gasteiger partial charge in [-0.05, 0) is 127 Å². The zero-order valence-electron chi connectivity index (χ0n) is 23.2. The van der Waals surface area contributed by atoms with Crippen LogP contribution in [0.1, 0.15) is 139 Å². The molecule has 0 bridgehead atoms. The Bertz CT molecular complexity index is 720. The van der Waals surface area contributed by atoms with Crippen LogP contribution in [0.5, 0.6) is 0 Å². The molecule has 5 fully saturated rings. The van der Waals surface area contributed by atoms with E-state index < -0.39 is 0 Å². The maximum absolute atomic E-state index is 2.83. The molecule has 0 spiro atoms. The lowest BCUT2D eigenvalue weighted by Crippen LogP contribution is -2.65. The third kappa shape index (κ3) is 2.92. The molecule has 5 saturated carbocycles. The molecule has 0 aromatic rings. The standard InChI is InChI=1S/C32H56/c1-9-11-22(2)23-14-19-29(5)24(23)15-20-31(7)26(29)12-13-27-30(6)18-10-17-28(3,4)25(30)16-21-32(27,31)8/h22-27H,9-21H2,1-8H3/t22?,23-,24-,25-,26+,27+,29-,30-,31+,32+/m0/s1. The van der Waals surface area contributed by atoms with Gasteiger partial charge in [0.15, 0.2) is 0 Å². The normalized spacial score (nSPS) is 55.3. The first-order valence-corrected chi connectivity index (χ1v) is 14.9. The minimum absolute atomic E-state index is 0.559. The number of fused-ring (bicyclic) bond motifs is 7. The van der Waals surface area contributed by atoms with Gasteiger partial charge in [0.1, 0.15) is 0 Å². The molecule has 5 rings (SSSR count). The van der Waals surface area contributed by atoms with E-state index in [0.717, 1.165) is 35.5 Å². The lowest BCUT2D eigenvalue weighted by molar-refractivity contribution is -0.241. The molecule has 0 amide bonds. The smallest absolute Gasteiger partial charge is 0.0235 e. The van der Waals surface area contributed by atoms with Gasteiger partial charge in [0.2, 0.25) is 0 Å². The second-order valence-electron chi connectivity index (χ2n) is 15.6. The molecule has 5 aliphatic rings. The number of rotatable bonds is 3. The number of hydrogen-bond donors (Lipinski definition) is 0.